The number of benzene rings is 1. The van der Waals surface area contributed by atoms with Crippen molar-refractivity contribution >= 4 is 11.8 Å². The van der Waals surface area contributed by atoms with Crippen molar-refractivity contribution in [1.29, 1.82) is 0 Å². The predicted octanol–water partition coefficient (Wildman–Crippen LogP) is 2.04. The van der Waals surface area contributed by atoms with Crippen molar-refractivity contribution in [3.63, 3.8) is 0 Å². The molecular weight excluding hydrogens is 316 g/mol. The molecule has 6 nitrogen and oxygen atoms in total. The number of carbonyl (C=O) groups excluding carboxylic acids is 2. The van der Waals surface area contributed by atoms with Gasteiger partial charge in [-0.15, -0.1) is 0 Å². The summed E-state index contributed by atoms with van der Waals surface area (Å²) in [5.41, 5.74) is 3.67. The number of aromatic nitrogens is 2. The first-order valence-corrected chi connectivity index (χ1v) is 8.90. The summed E-state index contributed by atoms with van der Waals surface area (Å²) < 4.78 is 0. The average Bonchev–Trinajstić information content (AvgIpc) is 3.31. The number of rotatable bonds is 5. The number of nitrogens with zero attached hydrogens (tertiary/aromatic N) is 1. The van der Waals surface area contributed by atoms with E-state index >= 15 is 0 Å². The van der Waals surface area contributed by atoms with Crippen molar-refractivity contribution < 1.29 is 9.59 Å². The van der Waals surface area contributed by atoms with Gasteiger partial charge in [0.1, 0.15) is 0 Å². The fourth-order valence-electron chi connectivity index (χ4n) is 3.36. The summed E-state index contributed by atoms with van der Waals surface area (Å²) in [6.45, 7) is 0.424. The van der Waals surface area contributed by atoms with Crippen LogP contribution in [0.25, 0.3) is 0 Å². The van der Waals surface area contributed by atoms with Gasteiger partial charge in [-0.25, -0.2) is 0 Å². The summed E-state index contributed by atoms with van der Waals surface area (Å²) in [6.07, 6.45) is 6.70. The third-order valence-corrected chi connectivity index (χ3v) is 4.93. The second-order valence-corrected chi connectivity index (χ2v) is 6.91. The van der Waals surface area contributed by atoms with Crippen molar-refractivity contribution in [2.24, 2.45) is 0 Å². The van der Waals surface area contributed by atoms with Crippen LogP contribution in [0, 0.1) is 0 Å². The monoisotopic (exact) mass is 338 g/mol. The average molecular weight is 338 g/mol. The largest absolute Gasteiger partial charge is 0.351 e. The Morgan fingerprint density at radius 3 is 2.96 bits per heavy atom. The van der Waals surface area contributed by atoms with Crippen LogP contribution in [-0.2, 0) is 17.8 Å². The van der Waals surface area contributed by atoms with E-state index in [1.54, 1.807) is 6.20 Å². The lowest BCUT2D eigenvalue weighted by Crippen LogP contribution is -2.31. The number of carbonyl (C=O) groups is 2. The molecule has 0 bridgehead atoms. The van der Waals surface area contributed by atoms with Gasteiger partial charge in [-0.05, 0) is 49.8 Å². The molecule has 2 amide bonds. The molecule has 3 N–H and O–H groups in total. The highest BCUT2D eigenvalue weighted by Crippen LogP contribution is 2.30. The summed E-state index contributed by atoms with van der Waals surface area (Å²) in [7, 11) is 0. The van der Waals surface area contributed by atoms with Crippen molar-refractivity contribution in [2.75, 3.05) is 0 Å². The maximum absolute atomic E-state index is 12.6. The molecule has 2 aromatic rings. The first kappa shape index (κ1) is 15.9. The van der Waals surface area contributed by atoms with Gasteiger partial charge in [-0.1, -0.05) is 12.1 Å². The van der Waals surface area contributed by atoms with E-state index in [1.807, 2.05) is 24.3 Å². The smallest absolute Gasteiger partial charge is 0.251 e. The molecule has 25 heavy (non-hydrogen) atoms. The molecule has 0 radical (unpaired) electrons. The number of hydrogen-bond acceptors (Lipinski definition) is 3. The highest BCUT2D eigenvalue weighted by Gasteiger charge is 2.28. The Labute approximate surface area is 146 Å². The van der Waals surface area contributed by atoms with Crippen LogP contribution in [0.1, 0.15) is 58.8 Å². The van der Waals surface area contributed by atoms with Crippen molar-refractivity contribution in [3.05, 3.63) is 52.8 Å². The Morgan fingerprint density at radius 1 is 1.24 bits per heavy atom. The molecular formula is C19H22N4O2. The molecule has 2 aliphatic rings. The normalized spacial score (nSPS) is 19.1. The molecule has 1 aromatic heterocycles. The summed E-state index contributed by atoms with van der Waals surface area (Å²) >= 11 is 0. The second-order valence-electron chi connectivity index (χ2n) is 6.91. The van der Waals surface area contributed by atoms with Crippen LogP contribution in [0.5, 0.6) is 0 Å². The Morgan fingerprint density at radius 2 is 2.12 bits per heavy atom. The minimum atomic E-state index is -0.135. The molecule has 6 heteroatoms. The number of nitrogens with one attached hydrogen (secondary N) is 3. The van der Waals surface area contributed by atoms with E-state index in [9.17, 15) is 9.59 Å². The van der Waals surface area contributed by atoms with E-state index in [0.29, 0.717) is 18.2 Å². The lowest BCUT2D eigenvalue weighted by molar-refractivity contribution is -0.123. The topological polar surface area (TPSA) is 86.9 Å². The van der Waals surface area contributed by atoms with Crippen LogP contribution in [-0.4, -0.2) is 28.1 Å². The molecule has 0 aliphatic heterocycles. The van der Waals surface area contributed by atoms with Crippen LogP contribution in [0.15, 0.2) is 30.5 Å². The Bertz CT molecular complexity index is 794. The quantitative estimate of drug-likeness (QED) is 0.780. The fraction of sp³-hybridized carbons (Fsp3) is 0.421. The highest BCUT2D eigenvalue weighted by atomic mass is 16.2. The lowest BCUT2D eigenvalue weighted by Gasteiger charge is -2.21. The molecule has 4 rings (SSSR count). The summed E-state index contributed by atoms with van der Waals surface area (Å²) in [5, 5.41) is 13.0. The Kier molecular flexibility index (Phi) is 4.26. The molecule has 0 unspecified atom stereocenters. The zero-order valence-corrected chi connectivity index (χ0v) is 14.0. The summed E-state index contributed by atoms with van der Waals surface area (Å²) in [5.74, 6) is -0.148. The Balaban J connectivity index is 1.38. The summed E-state index contributed by atoms with van der Waals surface area (Å²) in [4.78, 5) is 24.7. The van der Waals surface area contributed by atoms with Crippen molar-refractivity contribution in [1.82, 2.24) is 20.8 Å². The maximum atomic E-state index is 12.6. The van der Waals surface area contributed by atoms with E-state index in [-0.39, 0.29) is 17.7 Å². The van der Waals surface area contributed by atoms with Crippen LogP contribution in [0.3, 0.4) is 0 Å². The van der Waals surface area contributed by atoms with Crippen molar-refractivity contribution in [3.8, 4) is 0 Å². The Hall–Kier alpha value is -2.63. The molecule has 1 heterocycles. The van der Waals surface area contributed by atoms with Crippen LogP contribution >= 0.6 is 0 Å². The van der Waals surface area contributed by atoms with Crippen LogP contribution in [0.4, 0.5) is 0 Å². The molecule has 1 fully saturated rings. The lowest BCUT2D eigenvalue weighted by atomic mass is 9.86. The number of aryl methyl sites for hydroxylation is 1. The highest BCUT2D eigenvalue weighted by molar-refractivity contribution is 5.94. The van der Waals surface area contributed by atoms with Gasteiger partial charge in [-0.3, -0.25) is 14.7 Å². The van der Waals surface area contributed by atoms with Crippen molar-refractivity contribution in [2.45, 2.75) is 50.6 Å². The zero-order valence-electron chi connectivity index (χ0n) is 14.0. The number of H-pyrrole nitrogens is 1. The number of fused-ring (bicyclic) bond motifs is 1. The second kappa shape index (κ2) is 6.70. The standard InChI is InChI=1S/C19H22N4O2/c24-18(22-14-7-8-14)13-4-1-3-12(9-13)10-20-19(25)15-5-2-6-17-16(15)11-21-23-17/h1,3-4,9,11,14-15H,2,5-8,10H2,(H,20,25)(H,21,23)(H,22,24)/t15-/m1/s1. The number of aromatic amines is 1. The van der Waals surface area contributed by atoms with E-state index < -0.39 is 0 Å². The van der Waals surface area contributed by atoms with Gasteiger partial charge in [0.05, 0.1) is 12.1 Å². The predicted molar refractivity (Wildman–Crippen MR) is 93.0 cm³/mol. The maximum Gasteiger partial charge on any atom is 0.251 e. The van der Waals surface area contributed by atoms with Gasteiger partial charge in [0.2, 0.25) is 5.91 Å². The van der Waals surface area contributed by atoms with Gasteiger partial charge in [0.25, 0.3) is 5.91 Å². The minimum absolute atomic E-state index is 0.0233. The van der Waals surface area contributed by atoms with E-state index in [0.717, 1.165) is 48.9 Å². The molecule has 1 aromatic carbocycles. The first-order valence-electron chi connectivity index (χ1n) is 8.90. The third-order valence-electron chi connectivity index (χ3n) is 4.93. The van der Waals surface area contributed by atoms with Gasteiger partial charge in [0.15, 0.2) is 0 Å². The van der Waals surface area contributed by atoms with Gasteiger partial charge >= 0.3 is 0 Å². The third kappa shape index (κ3) is 3.57. The molecule has 1 atom stereocenters. The molecule has 0 saturated heterocycles. The van der Waals surface area contributed by atoms with E-state index in [2.05, 4.69) is 20.8 Å². The zero-order chi connectivity index (χ0) is 17.2. The molecule has 1 saturated carbocycles. The van der Waals surface area contributed by atoms with Gasteiger partial charge < -0.3 is 10.6 Å². The van der Waals surface area contributed by atoms with Gasteiger partial charge in [0, 0.05) is 29.4 Å². The van der Waals surface area contributed by atoms with Crippen LogP contribution in [0.2, 0.25) is 0 Å². The van der Waals surface area contributed by atoms with Gasteiger partial charge in [-0.2, -0.15) is 5.10 Å². The summed E-state index contributed by atoms with van der Waals surface area (Å²) in [6, 6.07) is 7.78. The van der Waals surface area contributed by atoms with E-state index in [4.69, 9.17) is 0 Å². The molecule has 0 spiro atoms. The first-order chi connectivity index (χ1) is 12.2. The minimum Gasteiger partial charge on any atom is -0.351 e. The molecule has 2 aliphatic carbocycles. The fourth-order valence-corrected chi connectivity index (χ4v) is 3.36. The molecule has 130 valence electrons. The van der Waals surface area contributed by atoms with Crippen LogP contribution < -0.4 is 10.6 Å². The van der Waals surface area contributed by atoms with E-state index in [1.165, 1.54) is 0 Å². The SMILES string of the molecule is O=C(NC1CC1)c1cccc(CNC(=O)[C@@H]2CCCc3[nH]ncc32)c1. The number of hydrogen-bond donors (Lipinski definition) is 3. The number of amides is 2.